The molecule has 2 amide bonds. The van der Waals surface area contributed by atoms with E-state index in [0.29, 0.717) is 45.1 Å². The standard InChI is InChI=1S/C42H64Br2N2O4/c1-3-5-7-9-11-13-15-17-19-21-23-25-31-45-39(33-27-29-35(43)49-33)37-38(41(45)47)40(34-28-30-36(44)50-34)46(42(37)48)32-26-24-22-20-18-16-14-12-10-8-6-4-2/h27-30,39-40H,3-26,31-32H2,1-2H3. The van der Waals surface area contributed by atoms with Gasteiger partial charge in [0.05, 0.1) is 11.1 Å². The molecule has 0 N–H and O–H groups in total. The summed E-state index contributed by atoms with van der Waals surface area (Å²) >= 11 is 6.92. The summed E-state index contributed by atoms with van der Waals surface area (Å²) in [4.78, 5) is 32.5. The molecular weight excluding hydrogens is 756 g/mol. The second-order valence-electron chi connectivity index (χ2n) is 14.7. The molecule has 8 heteroatoms. The van der Waals surface area contributed by atoms with Gasteiger partial charge < -0.3 is 18.6 Å². The Morgan fingerprint density at radius 2 is 0.740 bits per heavy atom. The van der Waals surface area contributed by atoms with Crippen LogP contribution in [0.25, 0.3) is 0 Å². The van der Waals surface area contributed by atoms with Crippen molar-refractivity contribution in [2.24, 2.45) is 0 Å². The van der Waals surface area contributed by atoms with Crippen molar-refractivity contribution in [3.05, 3.63) is 56.3 Å². The summed E-state index contributed by atoms with van der Waals surface area (Å²) in [5, 5.41) is 0. The number of unbranched alkanes of at least 4 members (excludes halogenated alkanes) is 22. The first kappa shape index (κ1) is 41.0. The van der Waals surface area contributed by atoms with E-state index in [1.165, 1.54) is 128 Å². The molecule has 2 aromatic heterocycles. The van der Waals surface area contributed by atoms with Crippen LogP contribution < -0.4 is 0 Å². The average Bonchev–Trinajstić information content (AvgIpc) is 3.87. The minimum atomic E-state index is -0.517. The summed E-state index contributed by atoms with van der Waals surface area (Å²) in [6.07, 6.45) is 30.3. The van der Waals surface area contributed by atoms with E-state index in [2.05, 4.69) is 45.7 Å². The lowest BCUT2D eigenvalue weighted by Crippen LogP contribution is -2.40. The number of carbonyl (C=O) groups excluding carboxylic acids is 2. The first-order chi connectivity index (χ1) is 24.5. The topological polar surface area (TPSA) is 66.9 Å². The molecule has 0 saturated heterocycles. The minimum Gasteiger partial charge on any atom is -0.452 e. The Balaban J connectivity index is 1.31. The SMILES string of the molecule is CCCCCCCCCCCCCCN1C(=O)C2=C(C(=O)N(CCCCCCCCCCCCCC)C2c2ccc(Br)o2)C1c1ccc(Br)o1. The Kier molecular flexibility index (Phi) is 18.8. The normalized spacial score (nSPS) is 17.6. The maximum atomic E-state index is 14.3. The molecule has 6 nitrogen and oxygen atoms in total. The van der Waals surface area contributed by atoms with E-state index in [9.17, 15) is 9.59 Å². The monoisotopic (exact) mass is 818 g/mol. The predicted molar refractivity (Wildman–Crippen MR) is 211 cm³/mol. The van der Waals surface area contributed by atoms with Crippen LogP contribution in [0, 0.1) is 0 Å². The fourth-order valence-corrected chi connectivity index (χ4v) is 8.50. The summed E-state index contributed by atoms with van der Waals surface area (Å²) in [7, 11) is 0. The molecule has 0 bridgehead atoms. The Hall–Kier alpha value is -1.80. The Morgan fingerprint density at radius 3 is 1.00 bits per heavy atom. The van der Waals surface area contributed by atoms with E-state index >= 15 is 0 Å². The first-order valence-electron chi connectivity index (χ1n) is 20.3. The van der Waals surface area contributed by atoms with Crippen LogP contribution >= 0.6 is 31.9 Å². The summed E-state index contributed by atoms with van der Waals surface area (Å²) in [6, 6.07) is 6.46. The molecule has 4 heterocycles. The highest BCUT2D eigenvalue weighted by Gasteiger charge is 2.55. The molecule has 0 aromatic carbocycles. The van der Waals surface area contributed by atoms with Gasteiger partial charge in [0.1, 0.15) is 23.6 Å². The highest BCUT2D eigenvalue weighted by Crippen LogP contribution is 2.51. The molecule has 0 saturated carbocycles. The molecule has 2 aliphatic rings. The van der Waals surface area contributed by atoms with Crippen LogP contribution in [0.2, 0.25) is 0 Å². The van der Waals surface area contributed by atoms with Crippen molar-refractivity contribution < 1.29 is 18.4 Å². The van der Waals surface area contributed by atoms with E-state index in [1.807, 2.05) is 34.1 Å². The third-order valence-electron chi connectivity index (χ3n) is 10.7. The van der Waals surface area contributed by atoms with Gasteiger partial charge in [-0.25, -0.2) is 0 Å². The van der Waals surface area contributed by atoms with E-state index in [4.69, 9.17) is 8.83 Å². The van der Waals surface area contributed by atoms with E-state index < -0.39 is 12.1 Å². The molecule has 2 aromatic rings. The van der Waals surface area contributed by atoms with Crippen LogP contribution in [0.1, 0.15) is 192 Å². The summed E-state index contributed by atoms with van der Waals surface area (Å²) in [6.45, 7) is 5.74. The fourth-order valence-electron chi connectivity index (χ4n) is 7.86. The van der Waals surface area contributed by atoms with Gasteiger partial charge in [0, 0.05) is 13.1 Å². The van der Waals surface area contributed by atoms with Gasteiger partial charge >= 0.3 is 0 Å². The number of carbonyl (C=O) groups is 2. The van der Waals surface area contributed by atoms with Gasteiger partial charge in [-0.3, -0.25) is 9.59 Å². The number of hydrogen-bond donors (Lipinski definition) is 0. The highest BCUT2D eigenvalue weighted by molar-refractivity contribution is 9.10. The van der Waals surface area contributed by atoms with Crippen molar-refractivity contribution in [1.82, 2.24) is 9.80 Å². The third kappa shape index (κ3) is 12.1. The lowest BCUT2D eigenvalue weighted by Gasteiger charge is -2.31. The van der Waals surface area contributed by atoms with E-state index in [-0.39, 0.29) is 11.8 Å². The van der Waals surface area contributed by atoms with Gasteiger partial charge in [-0.15, -0.1) is 0 Å². The fraction of sp³-hybridized carbons (Fsp3) is 0.714. The highest BCUT2D eigenvalue weighted by atomic mass is 79.9. The summed E-state index contributed by atoms with van der Waals surface area (Å²) in [5.74, 6) is 1.13. The van der Waals surface area contributed by atoms with Crippen LogP contribution in [0.5, 0.6) is 0 Å². The van der Waals surface area contributed by atoms with Crippen LogP contribution in [0.3, 0.4) is 0 Å². The molecule has 4 rings (SSSR count). The molecule has 0 spiro atoms. The van der Waals surface area contributed by atoms with Gasteiger partial charge in [0.25, 0.3) is 11.8 Å². The van der Waals surface area contributed by atoms with Gasteiger partial charge in [0.15, 0.2) is 9.34 Å². The lowest BCUT2D eigenvalue weighted by molar-refractivity contribution is -0.132. The lowest BCUT2D eigenvalue weighted by atomic mass is 10.0. The van der Waals surface area contributed by atoms with Crippen molar-refractivity contribution in [2.45, 2.75) is 180 Å². The van der Waals surface area contributed by atoms with Crippen LogP contribution in [-0.4, -0.2) is 34.7 Å². The number of furan rings is 2. The Morgan fingerprint density at radius 1 is 0.460 bits per heavy atom. The van der Waals surface area contributed by atoms with Crippen molar-refractivity contribution >= 4 is 43.7 Å². The first-order valence-corrected chi connectivity index (χ1v) is 21.9. The zero-order valence-corrected chi connectivity index (χ0v) is 34.3. The summed E-state index contributed by atoms with van der Waals surface area (Å²) in [5.41, 5.74) is 1.12. The molecule has 2 atom stereocenters. The second-order valence-corrected chi connectivity index (χ2v) is 16.3. The van der Waals surface area contributed by atoms with Gasteiger partial charge in [-0.1, -0.05) is 155 Å². The third-order valence-corrected chi connectivity index (χ3v) is 11.5. The van der Waals surface area contributed by atoms with Crippen LogP contribution in [0.15, 0.2) is 53.6 Å². The van der Waals surface area contributed by atoms with Gasteiger partial charge in [0.2, 0.25) is 0 Å². The number of amides is 2. The Bertz CT molecular complexity index is 1220. The van der Waals surface area contributed by atoms with Crippen molar-refractivity contribution in [3.63, 3.8) is 0 Å². The molecule has 0 aliphatic carbocycles. The average molecular weight is 821 g/mol. The molecular formula is C42H64Br2N2O4. The Labute approximate surface area is 319 Å². The van der Waals surface area contributed by atoms with Gasteiger partial charge in [-0.2, -0.15) is 0 Å². The molecule has 2 unspecified atom stereocenters. The number of nitrogens with zero attached hydrogens (tertiary/aromatic N) is 2. The maximum absolute atomic E-state index is 14.3. The largest absolute Gasteiger partial charge is 0.452 e. The predicted octanol–water partition coefficient (Wildman–Crippen LogP) is 13.6. The number of hydrogen-bond acceptors (Lipinski definition) is 4. The van der Waals surface area contributed by atoms with Gasteiger partial charge in [-0.05, 0) is 69.0 Å². The molecule has 0 fully saturated rings. The number of halogens is 2. The quantitative estimate of drug-likeness (QED) is 0.0802. The smallest absolute Gasteiger partial charge is 0.253 e. The van der Waals surface area contributed by atoms with Crippen LogP contribution in [-0.2, 0) is 9.59 Å². The molecule has 0 radical (unpaired) electrons. The van der Waals surface area contributed by atoms with Crippen molar-refractivity contribution in [3.8, 4) is 0 Å². The minimum absolute atomic E-state index is 0.0661. The number of rotatable bonds is 28. The maximum Gasteiger partial charge on any atom is 0.253 e. The van der Waals surface area contributed by atoms with Crippen molar-refractivity contribution in [1.29, 1.82) is 0 Å². The molecule has 50 heavy (non-hydrogen) atoms. The zero-order valence-electron chi connectivity index (χ0n) is 31.1. The van der Waals surface area contributed by atoms with Crippen LogP contribution in [0.4, 0.5) is 0 Å². The van der Waals surface area contributed by atoms with Crippen molar-refractivity contribution in [2.75, 3.05) is 13.1 Å². The van der Waals surface area contributed by atoms with E-state index in [1.54, 1.807) is 0 Å². The molecule has 280 valence electrons. The zero-order chi connectivity index (χ0) is 35.6. The summed E-state index contributed by atoms with van der Waals surface area (Å²) < 4.78 is 13.3. The van der Waals surface area contributed by atoms with E-state index in [0.717, 1.165) is 25.7 Å². The second kappa shape index (κ2) is 23.0. The molecule has 2 aliphatic heterocycles.